The van der Waals surface area contributed by atoms with E-state index in [0.717, 1.165) is 23.3 Å². The van der Waals surface area contributed by atoms with Crippen molar-refractivity contribution in [1.82, 2.24) is 0 Å². The lowest BCUT2D eigenvalue weighted by Crippen LogP contribution is -2.35. The fourth-order valence-electron chi connectivity index (χ4n) is 3.30. The maximum Gasteiger partial charge on any atom is 0.314 e. The minimum Gasteiger partial charge on any atom is -0.318 e. The number of aryl methyl sites for hydroxylation is 1. The van der Waals surface area contributed by atoms with E-state index in [-0.39, 0.29) is 4.21 Å². The monoisotopic (exact) mass is 475 g/mol. The van der Waals surface area contributed by atoms with Crippen LogP contribution in [0.3, 0.4) is 0 Å². The number of hydrogen-bond donors (Lipinski definition) is 2. The molecule has 0 fully saturated rings. The van der Waals surface area contributed by atoms with Gasteiger partial charge in [-0.2, -0.15) is 0 Å². The summed E-state index contributed by atoms with van der Waals surface area (Å²) in [6.45, 7) is 0.349. The summed E-state index contributed by atoms with van der Waals surface area (Å²) in [5.41, 5.74) is 2.15. The van der Waals surface area contributed by atoms with Crippen molar-refractivity contribution < 1.29 is 18.0 Å². The topological polar surface area (TPSA) is 95.6 Å². The van der Waals surface area contributed by atoms with Crippen LogP contribution in [0.25, 0.3) is 0 Å². The van der Waals surface area contributed by atoms with E-state index in [9.17, 15) is 18.0 Å². The molecule has 1 aliphatic heterocycles. The van der Waals surface area contributed by atoms with Crippen molar-refractivity contribution in [3.05, 3.63) is 70.6 Å². The van der Waals surface area contributed by atoms with E-state index in [4.69, 9.17) is 11.6 Å². The van der Waals surface area contributed by atoms with Gasteiger partial charge in [-0.25, -0.2) is 8.42 Å². The average molecular weight is 476 g/mol. The number of nitrogens with one attached hydrogen (secondary N) is 2. The molecule has 2 heterocycles. The zero-order chi connectivity index (χ0) is 22.0. The number of halogens is 1. The molecule has 0 unspecified atom stereocenters. The van der Waals surface area contributed by atoms with Crippen molar-refractivity contribution in [2.45, 2.75) is 17.1 Å². The highest BCUT2D eigenvalue weighted by atomic mass is 35.5. The number of fused-ring (bicyclic) bond motifs is 1. The van der Waals surface area contributed by atoms with Gasteiger partial charge in [0.15, 0.2) is 0 Å². The van der Waals surface area contributed by atoms with Crippen LogP contribution in [0.2, 0.25) is 5.02 Å². The number of hydrogen-bond acceptors (Lipinski definition) is 5. The highest BCUT2D eigenvalue weighted by molar-refractivity contribution is 7.94. The van der Waals surface area contributed by atoms with E-state index in [1.807, 2.05) is 0 Å². The van der Waals surface area contributed by atoms with Crippen LogP contribution in [-0.4, -0.2) is 26.8 Å². The van der Waals surface area contributed by atoms with Crippen LogP contribution in [-0.2, 0) is 26.0 Å². The molecule has 0 aliphatic carbocycles. The predicted molar refractivity (Wildman–Crippen MR) is 122 cm³/mol. The van der Waals surface area contributed by atoms with Gasteiger partial charge in [-0.1, -0.05) is 23.7 Å². The molecule has 10 heteroatoms. The normalized spacial score (nSPS) is 13.4. The molecular formula is C21H18ClN3O4S2. The number of thiophene rings is 1. The fraction of sp³-hybridized carbons (Fsp3) is 0.143. The number of sulfonamides is 1. The first-order valence-electron chi connectivity index (χ1n) is 9.42. The molecule has 1 aromatic heterocycles. The van der Waals surface area contributed by atoms with Gasteiger partial charge in [0.05, 0.1) is 5.69 Å². The second-order valence-electron chi connectivity index (χ2n) is 6.87. The number of nitrogens with zero attached hydrogens (tertiary/aromatic N) is 1. The summed E-state index contributed by atoms with van der Waals surface area (Å²) in [6, 6.07) is 14.7. The molecule has 1 aliphatic rings. The Morgan fingerprint density at radius 1 is 0.968 bits per heavy atom. The third kappa shape index (κ3) is 4.58. The third-order valence-corrected chi connectivity index (χ3v) is 8.21. The molecule has 2 aromatic carbocycles. The molecule has 0 radical (unpaired) electrons. The van der Waals surface area contributed by atoms with Gasteiger partial charge in [0, 0.05) is 22.9 Å². The number of anilines is 3. The Morgan fingerprint density at radius 3 is 2.32 bits per heavy atom. The van der Waals surface area contributed by atoms with Gasteiger partial charge in [-0.15, -0.1) is 11.3 Å². The van der Waals surface area contributed by atoms with Crippen molar-refractivity contribution in [2.24, 2.45) is 0 Å². The quantitative estimate of drug-likeness (QED) is 0.555. The zero-order valence-electron chi connectivity index (χ0n) is 16.2. The van der Waals surface area contributed by atoms with Crippen molar-refractivity contribution in [1.29, 1.82) is 0 Å². The minimum absolute atomic E-state index is 0.261. The maximum absolute atomic E-state index is 13.1. The van der Waals surface area contributed by atoms with Crippen molar-refractivity contribution >= 4 is 61.8 Å². The van der Waals surface area contributed by atoms with Crippen molar-refractivity contribution in [2.75, 3.05) is 21.5 Å². The average Bonchev–Trinajstić information content (AvgIpc) is 3.30. The van der Waals surface area contributed by atoms with Crippen LogP contribution in [0.15, 0.2) is 64.2 Å². The van der Waals surface area contributed by atoms with Crippen LogP contribution in [0, 0.1) is 0 Å². The van der Waals surface area contributed by atoms with E-state index in [1.54, 1.807) is 60.0 Å². The van der Waals surface area contributed by atoms with E-state index in [1.165, 1.54) is 4.31 Å². The number of carbonyl (C=O) groups excluding carboxylic acids is 2. The van der Waals surface area contributed by atoms with Gasteiger partial charge < -0.3 is 10.6 Å². The molecule has 0 bridgehead atoms. The molecule has 0 saturated heterocycles. The second kappa shape index (κ2) is 8.70. The maximum atomic E-state index is 13.1. The lowest BCUT2D eigenvalue weighted by molar-refractivity contribution is -0.132. The number of benzene rings is 2. The molecule has 0 atom stereocenters. The molecule has 0 saturated carbocycles. The van der Waals surface area contributed by atoms with Crippen LogP contribution >= 0.6 is 22.9 Å². The number of carbonyl (C=O) groups is 2. The fourth-order valence-corrected chi connectivity index (χ4v) is 6.06. The Hall–Kier alpha value is -2.88. The number of rotatable bonds is 4. The lowest BCUT2D eigenvalue weighted by Gasteiger charge is -2.30. The smallest absolute Gasteiger partial charge is 0.314 e. The van der Waals surface area contributed by atoms with Crippen LogP contribution in [0.1, 0.15) is 12.0 Å². The number of amides is 2. The van der Waals surface area contributed by atoms with Gasteiger partial charge >= 0.3 is 11.8 Å². The van der Waals surface area contributed by atoms with E-state index in [2.05, 4.69) is 10.6 Å². The molecule has 160 valence electrons. The molecule has 3 aromatic rings. The van der Waals surface area contributed by atoms with Gasteiger partial charge in [0.25, 0.3) is 10.0 Å². The van der Waals surface area contributed by atoms with Crippen molar-refractivity contribution in [3.8, 4) is 0 Å². The summed E-state index contributed by atoms with van der Waals surface area (Å²) in [6.07, 6.45) is 1.43. The Kier molecular flexibility index (Phi) is 5.99. The highest BCUT2D eigenvalue weighted by Gasteiger charge is 2.30. The first kappa shape index (κ1) is 21.4. The Balaban J connectivity index is 1.54. The summed E-state index contributed by atoms with van der Waals surface area (Å²) in [4.78, 5) is 24.5. The molecule has 2 amide bonds. The van der Waals surface area contributed by atoms with Crippen LogP contribution in [0.5, 0.6) is 0 Å². The van der Waals surface area contributed by atoms with Crippen LogP contribution < -0.4 is 14.9 Å². The van der Waals surface area contributed by atoms with Gasteiger partial charge in [0.1, 0.15) is 4.21 Å². The highest BCUT2D eigenvalue weighted by Crippen LogP contribution is 2.35. The first-order chi connectivity index (χ1) is 14.8. The molecule has 7 nitrogen and oxygen atoms in total. The summed E-state index contributed by atoms with van der Waals surface area (Å²) >= 11 is 6.97. The second-order valence-corrected chi connectivity index (χ2v) is 10.3. The first-order valence-corrected chi connectivity index (χ1v) is 12.1. The zero-order valence-corrected chi connectivity index (χ0v) is 18.6. The summed E-state index contributed by atoms with van der Waals surface area (Å²) in [5, 5.41) is 7.25. The molecule has 2 N–H and O–H groups in total. The molecular weight excluding hydrogens is 458 g/mol. The lowest BCUT2D eigenvalue weighted by atomic mass is 10.0. The largest absolute Gasteiger partial charge is 0.318 e. The third-order valence-electron chi connectivity index (χ3n) is 4.77. The predicted octanol–water partition coefficient (Wildman–Crippen LogP) is 4.12. The minimum atomic E-state index is -3.69. The van der Waals surface area contributed by atoms with Gasteiger partial charge in [0.2, 0.25) is 0 Å². The standard InChI is InChI=1S/C21H18ClN3O4S2/c22-15-6-9-16(10-7-15)23-20(26)21(27)24-17-8-5-14-3-1-11-25(18(14)13-17)31(28,29)19-4-2-12-30-19/h2,4-10,12-13H,1,3,11H2,(H,23,26)(H,24,27). The van der Waals surface area contributed by atoms with Crippen molar-refractivity contribution in [3.63, 3.8) is 0 Å². The Labute approximate surface area is 188 Å². The van der Waals surface area contributed by atoms with Crippen LogP contribution in [0.4, 0.5) is 17.1 Å². The van der Waals surface area contributed by atoms with E-state index < -0.39 is 21.8 Å². The Bertz CT molecular complexity index is 1230. The van der Waals surface area contributed by atoms with Gasteiger partial charge in [-0.05, 0) is 66.2 Å². The van der Waals surface area contributed by atoms with E-state index >= 15 is 0 Å². The summed E-state index contributed by atoms with van der Waals surface area (Å²) in [5.74, 6) is -1.71. The SMILES string of the molecule is O=C(Nc1ccc(Cl)cc1)C(=O)Nc1ccc2c(c1)N(S(=O)(=O)c1cccs1)CCC2. The Morgan fingerprint density at radius 2 is 1.65 bits per heavy atom. The van der Waals surface area contributed by atoms with E-state index in [0.29, 0.717) is 35.1 Å². The molecule has 0 spiro atoms. The molecule has 31 heavy (non-hydrogen) atoms. The molecule has 4 rings (SSSR count). The van der Waals surface area contributed by atoms with Gasteiger partial charge in [-0.3, -0.25) is 13.9 Å². The summed E-state index contributed by atoms with van der Waals surface area (Å²) < 4.78 is 27.7. The summed E-state index contributed by atoms with van der Waals surface area (Å²) in [7, 11) is -3.69.